The van der Waals surface area contributed by atoms with Crippen molar-refractivity contribution in [2.24, 2.45) is 0 Å². The second kappa shape index (κ2) is 5.40. The molecule has 17 heavy (non-hydrogen) atoms. The minimum absolute atomic E-state index is 0.0119. The number of pyridine rings is 1. The highest BCUT2D eigenvalue weighted by molar-refractivity contribution is 7.07. The summed E-state index contributed by atoms with van der Waals surface area (Å²) in [5, 5.41) is 17.9. The maximum atomic E-state index is 10.7. The van der Waals surface area contributed by atoms with Crippen molar-refractivity contribution in [3.63, 3.8) is 0 Å². The lowest BCUT2D eigenvalue weighted by molar-refractivity contribution is -0.384. The fourth-order valence-electron chi connectivity index (χ4n) is 1.46. The molecule has 2 heterocycles. The van der Waals surface area contributed by atoms with Crippen LogP contribution in [0.2, 0.25) is 0 Å². The van der Waals surface area contributed by atoms with E-state index in [4.69, 9.17) is 0 Å². The van der Waals surface area contributed by atoms with Crippen LogP contribution in [0.3, 0.4) is 0 Å². The van der Waals surface area contributed by atoms with Crippen LogP contribution < -0.4 is 5.32 Å². The molecular weight excluding hydrogens is 238 g/mol. The van der Waals surface area contributed by atoms with Crippen LogP contribution >= 0.6 is 11.3 Å². The van der Waals surface area contributed by atoms with Gasteiger partial charge in [-0.25, -0.2) is 0 Å². The summed E-state index contributed by atoms with van der Waals surface area (Å²) in [5.41, 5.74) is 1.76. The quantitative estimate of drug-likeness (QED) is 0.653. The van der Waals surface area contributed by atoms with Crippen molar-refractivity contribution in [3.8, 4) is 0 Å². The Hall–Kier alpha value is -1.95. The molecule has 88 valence electrons. The summed E-state index contributed by atoms with van der Waals surface area (Å²) in [6.07, 6.45) is 3.65. The van der Waals surface area contributed by atoms with Gasteiger partial charge in [0, 0.05) is 12.7 Å². The first kappa shape index (κ1) is 11.5. The largest absolute Gasteiger partial charge is 0.379 e. The zero-order chi connectivity index (χ0) is 12.1. The molecule has 0 spiro atoms. The molecule has 1 N–H and O–H groups in total. The highest BCUT2D eigenvalue weighted by atomic mass is 32.1. The number of anilines is 1. The molecule has 0 fully saturated rings. The third kappa shape index (κ3) is 3.01. The second-order valence-corrected chi connectivity index (χ2v) is 4.24. The van der Waals surface area contributed by atoms with Crippen molar-refractivity contribution in [1.29, 1.82) is 0 Å². The van der Waals surface area contributed by atoms with Gasteiger partial charge < -0.3 is 5.32 Å². The Balaban J connectivity index is 1.97. The molecule has 0 unspecified atom stereocenters. The van der Waals surface area contributed by atoms with Crippen LogP contribution in [0, 0.1) is 10.1 Å². The zero-order valence-electron chi connectivity index (χ0n) is 9.00. The second-order valence-electron chi connectivity index (χ2n) is 3.46. The summed E-state index contributed by atoms with van der Waals surface area (Å²) in [4.78, 5) is 14.1. The van der Waals surface area contributed by atoms with E-state index in [9.17, 15) is 10.1 Å². The molecule has 0 atom stereocenters. The molecule has 2 aromatic rings. The molecule has 0 aromatic carbocycles. The average molecular weight is 249 g/mol. The van der Waals surface area contributed by atoms with Gasteiger partial charge in [0.05, 0.1) is 4.92 Å². The van der Waals surface area contributed by atoms with Crippen molar-refractivity contribution in [3.05, 3.63) is 51.0 Å². The Bertz CT molecular complexity index is 499. The lowest BCUT2D eigenvalue weighted by Gasteiger charge is -2.05. The topological polar surface area (TPSA) is 68.1 Å². The summed E-state index contributed by atoms with van der Waals surface area (Å²) < 4.78 is 0. The monoisotopic (exact) mass is 249 g/mol. The lowest BCUT2D eigenvalue weighted by atomic mass is 10.2. The zero-order valence-corrected chi connectivity index (χ0v) is 9.81. The molecule has 0 saturated heterocycles. The van der Waals surface area contributed by atoms with E-state index in [2.05, 4.69) is 15.7 Å². The van der Waals surface area contributed by atoms with Gasteiger partial charge in [0.2, 0.25) is 0 Å². The molecule has 6 heteroatoms. The van der Waals surface area contributed by atoms with E-state index in [1.165, 1.54) is 11.8 Å². The van der Waals surface area contributed by atoms with Gasteiger partial charge in [0.15, 0.2) is 0 Å². The number of hydrogen-bond acceptors (Lipinski definition) is 5. The van der Waals surface area contributed by atoms with Gasteiger partial charge in [-0.05, 0) is 34.9 Å². The molecule has 0 amide bonds. The number of rotatable bonds is 5. The van der Waals surface area contributed by atoms with Crippen LogP contribution in [0.4, 0.5) is 11.4 Å². The van der Waals surface area contributed by atoms with Crippen molar-refractivity contribution >= 4 is 22.7 Å². The molecule has 0 aliphatic heterocycles. The first-order valence-corrected chi connectivity index (χ1v) is 6.05. The van der Waals surface area contributed by atoms with Gasteiger partial charge in [-0.2, -0.15) is 11.3 Å². The van der Waals surface area contributed by atoms with Crippen LogP contribution in [0.5, 0.6) is 0 Å². The summed E-state index contributed by atoms with van der Waals surface area (Å²) in [6.45, 7) is 0.668. The predicted octanol–water partition coefficient (Wildman–Crippen LogP) is 2.71. The van der Waals surface area contributed by atoms with E-state index < -0.39 is 4.92 Å². The van der Waals surface area contributed by atoms with Gasteiger partial charge >= 0.3 is 5.69 Å². The highest BCUT2D eigenvalue weighted by Gasteiger charge is 2.12. The SMILES string of the molecule is O=[N+]([O-])c1cnccc1NCCc1ccsc1. The number of nitrogens with one attached hydrogen (secondary N) is 1. The molecule has 0 saturated carbocycles. The van der Waals surface area contributed by atoms with Crippen molar-refractivity contribution in [2.45, 2.75) is 6.42 Å². The third-order valence-corrected chi connectivity index (χ3v) is 3.04. The number of thiophene rings is 1. The minimum Gasteiger partial charge on any atom is -0.379 e. The normalized spacial score (nSPS) is 10.1. The van der Waals surface area contributed by atoms with Crippen molar-refractivity contribution in [2.75, 3.05) is 11.9 Å². The fraction of sp³-hybridized carbons (Fsp3) is 0.182. The van der Waals surface area contributed by atoms with E-state index >= 15 is 0 Å². The summed E-state index contributed by atoms with van der Waals surface area (Å²) in [5.74, 6) is 0. The number of hydrogen-bond donors (Lipinski definition) is 1. The molecule has 2 aromatic heterocycles. The maximum Gasteiger partial charge on any atom is 0.310 e. The predicted molar refractivity (Wildman–Crippen MR) is 67.4 cm³/mol. The summed E-state index contributed by atoms with van der Waals surface area (Å²) in [6, 6.07) is 3.67. The first-order chi connectivity index (χ1) is 8.27. The standard InChI is InChI=1S/C11H11N3O2S/c15-14(16)11-7-12-4-2-10(11)13-5-1-9-3-6-17-8-9/h2-4,6-8H,1,5H2,(H,12,13). The van der Waals surface area contributed by atoms with Crippen LogP contribution in [0.25, 0.3) is 0 Å². The molecular formula is C11H11N3O2S. The molecule has 0 aliphatic carbocycles. The Morgan fingerprint density at radius 2 is 2.35 bits per heavy atom. The maximum absolute atomic E-state index is 10.7. The Morgan fingerprint density at radius 1 is 1.47 bits per heavy atom. The Labute approximate surface area is 102 Å². The fourth-order valence-corrected chi connectivity index (χ4v) is 2.16. The van der Waals surface area contributed by atoms with Gasteiger partial charge in [-0.1, -0.05) is 0 Å². The van der Waals surface area contributed by atoms with Crippen molar-refractivity contribution < 1.29 is 4.92 Å². The van der Waals surface area contributed by atoms with E-state index in [0.717, 1.165) is 6.42 Å². The Kier molecular flexibility index (Phi) is 3.66. The number of nitrogens with zero attached hydrogens (tertiary/aromatic N) is 2. The van der Waals surface area contributed by atoms with E-state index in [1.54, 1.807) is 23.6 Å². The van der Waals surface area contributed by atoms with Gasteiger partial charge in [0.25, 0.3) is 0 Å². The average Bonchev–Trinajstić information content (AvgIpc) is 2.82. The smallest absolute Gasteiger partial charge is 0.310 e. The number of aromatic nitrogens is 1. The van der Waals surface area contributed by atoms with Gasteiger partial charge in [-0.15, -0.1) is 0 Å². The number of nitro groups is 1. The van der Waals surface area contributed by atoms with Crippen LogP contribution in [-0.4, -0.2) is 16.5 Å². The van der Waals surface area contributed by atoms with Gasteiger partial charge in [0.1, 0.15) is 11.9 Å². The molecule has 0 bridgehead atoms. The van der Waals surface area contributed by atoms with Crippen LogP contribution in [-0.2, 0) is 6.42 Å². The summed E-state index contributed by atoms with van der Waals surface area (Å²) >= 11 is 1.65. The molecule has 0 aliphatic rings. The van der Waals surface area contributed by atoms with Crippen LogP contribution in [0.15, 0.2) is 35.3 Å². The van der Waals surface area contributed by atoms with Crippen molar-refractivity contribution in [1.82, 2.24) is 4.98 Å². The van der Waals surface area contributed by atoms with Gasteiger partial charge in [-0.3, -0.25) is 15.1 Å². The van der Waals surface area contributed by atoms with E-state index in [1.807, 2.05) is 11.4 Å². The third-order valence-electron chi connectivity index (χ3n) is 2.31. The Morgan fingerprint density at radius 3 is 3.06 bits per heavy atom. The molecule has 5 nitrogen and oxygen atoms in total. The van der Waals surface area contributed by atoms with E-state index in [-0.39, 0.29) is 5.69 Å². The summed E-state index contributed by atoms with van der Waals surface area (Å²) in [7, 11) is 0. The lowest BCUT2D eigenvalue weighted by Crippen LogP contribution is -2.06. The first-order valence-electron chi connectivity index (χ1n) is 5.11. The highest BCUT2D eigenvalue weighted by Crippen LogP contribution is 2.21. The van der Waals surface area contributed by atoms with E-state index in [0.29, 0.717) is 12.2 Å². The van der Waals surface area contributed by atoms with Crippen LogP contribution in [0.1, 0.15) is 5.56 Å². The minimum atomic E-state index is -0.431. The molecule has 0 radical (unpaired) electrons. The molecule has 2 rings (SSSR count).